The van der Waals surface area contributed by atoms with Crippen molar-refractivity contribution in [3.05, 3.63) is 0 Å². The molecule has 0 aliphatic carbocycles. The Morgan fingerprint density at radius 1 is 0.692 bits per heavy atom. The second-order valence-corrected chi connectivity index (χ2v) is 7.16. The summed E-state index contributed by atoms with van der Waals surface area (Å²) in [4.78, 5) is 21.1. The maximum Gasteiger partial charge on any atom is 0.364 e. The molecule has 0 aliphatic rings. The van der Waals surface area contributed by atoms with Gasteiger partial charge in [0.25, 0.3) is 5.79 Å². The highest BCUT2D eigenvalue weighted by Gasteiger charge is 2.31. The van der Waals surface area contributed by atoms with Gasteiger partial charge in [-0.25, -0.2) is 4.79 Å². The Bertz CT molecular complexity index is 367. The summed E-state index contributed by atoms with van der Waals surface area (Å²) in [5, 5.41) is 26.9. The molecule has 0 bridgehead atoms. The quantitative estimate of drug-likeness (QED) is 0.189. The summed E-state index contributed by atoms with van der Waals surface area (Å²) in [6.45, 7) is 1.99. The normalized spacial score (nSPS) is 11.5. The number of unbranched alkanes of at least 4 members (excludes halogenated alkanes) is 13. The van der Waals surface area contributed by atoms with E-state index in [1.54, 1.807) is 0 Å². The number of carbonyl (C=O) groups is 2. The number of ether oxygens (including phenoxy) is 1. The Morgan fingerprint density at radius 2 is 1.04 bits per heavy atom. The van der Waals surface area contributed by atoms with Crippen LogP contribution in [0, 0.1) is 0 Å². The molecule has 0 fully saturated rings. The smallest absolute Gasteiger partial charge is 0.364 e. The Balaban J connectivity index is 3.16. The minimum atomic E-state index is -2.57. The van der Waals surface area contributed by atoms with Gasteiger partial charge in [0.15, 0.2) is 0 Å². The topological polar surface area (TPSA) is 104 Å². The highest BCUT2D eigenvalue weighted by atomic mass is 16.5. The van der Waals surface area contributed by atoms with Gasteiger partial charge in [0.1, 0.15) is 0 Å². The first-order valence-electron chi connectivity index (χ1n) is 10.2. The molecule has 154 valence electrons. The van der Waals surface area contributed by atoms with Crippen LogP contribution in [0.1, 0.15) is 103 Å². The maximum absolute atomic E-state index is 10.6. The van der Waals surface area contributed by atoms with Gasteiger partial charge in [-0.05, 0) is 12.8 Å². The zero-order chi connectivity index (χ0) is 19.7. The van der Waals surface area contributed by atoms with Crippen molar-refractivity contribution in [1.29, 1.82) is 0 Å². The minimum Gasteiger partial charge on any atom is -0.477 e. The van der Waals surface area contributed by atoms with Gasteiger partial charge in [0, 0.05) is 13.3 Å². The first-order chi connectivity index (χ1) is 12.4. The van der Waals surface area contributed by atoms with Crippen LogP contribution in [0.5, 0.6) is 0 Å². The van der Waals surface area contributed by atoms with Crippen molar-refractivity contribution >= 4 is 11.9 Å². The summed E-state index contributed by atoms with van der Waals surface area (Å²) in [6, 6.07) is 0. The lowest BCUT2D eigenvalue weighted by atomic mass is 10.0. The van der Waals surface area contributed by atoms with Crippen molar-refractivity contribution in [1.82, 2.24) is 0 Å². The van der Waals surface area contributed by atoms with E-state index in [2.05, 4.69) is 0 Å². The second-order valence-electron chi connectivity index (χ2n) is 7.16. The van der Waals surface area contributed by atoms with Crippen molar-refractivity contribution in [2.24, 2.45) is 0 Å². The molecule has 0 aromatic heterocycles. The molecule has 0 atom stereocenters. The largest absolute Gasteiger partial charge is 0.477 e. The van der Waals surface area contributed by atoms with E-state index in [0.29, 0.717) is 13.0 Å². The third-order valence-electron chi connectivity index (χ3n) is 4.57. The first kappa shape index (κ1) is 24.9. The molecule has 0 rings (SSSR count). The molecule has 0 radical (unpaired) electrons. The second kappa shape index (κ2) is 16.1. The lowest BCUT2D eigenvalue weighted by molar-refractivity contribution is -0.205. The highest BCUT2D eigenvalue weighted by molar-refractivity contribution is 5.74. The average Bonchev–Trinajstić information content (AvgIpc) is 2.57. The number of aliphatic hydroxyl groups is 2. The van der Waals surface area contributed by atoms with E-state index in [0.717, 1.165) is 32.1 Å². The number of carboxylic acid groups (broad SMARTS) is 1. The number of carbonyl (C=O) groups excluding carboxylic acids is 1. The SMILES string of the molecule is CC(=O)OCCCCCCCCCCCCCCCCC(O)(O)C(=O)O. The molecule has 0 aromatic carbocycles. The number of aliphatic carboxylic acids is 1. The van der Waals surface area contributed by atoms with Crippen LogP contribution in [0.4, 0.5) is 0 Å². The molecular formula is C20H38O6. The molecule has 0 saturated heterocycles. The van der Waals surface area contributed by atoms with Crippen LogP contribution in [0.25, 0.3) is 0 Å². The van der Waals surface area contributed by atoms with E-state index >= 15 is 0 Å². The standard InChI is InChI=1S/C20H38O6/c1-18(21)26-17-15-13-11-9-7-5-3-2-4-6-8-10-12-14-16-20(24,25)19(22)23/h24-25H,2-17H2,1H3,(H,22,23). The maximum atomic E-state index is 10.6. The Morgan fingerprint density at radius 3 is 1.38 bits per heavy atom. The number of rotatable bonds is 18. The molecule has 26 heavy (non-hydrogen) atoms. The Hall–Kier alpha value is -1.14. The fourth-order valence-corrected chi connectivity index (χ4v) is 2.92. The van der Waals surface area contributed by atoms with Crippen LogP contribution in [0.15, 0.2) is 0 Å². The third-order valence-corrected chi connectivity index (χ3v) is 4.57. The molecule has 0 aliphatic heterocycles. The molecule has 0 aromatic rings. The fourth-order valence-electron chi connectivity index (χ4n) is 2.92. The summed E-state index contributed by atoms with van der Waals surface area (Å²) < 4.78 is 4.89. The van der Waals surface area contributed by atoms with Gasteiger partial charge in [-0.3, -0.25) is 4.79 Å². The molecule has 0 heterocycles. The lowest BCUT2D eigenvalue weighted by Crippen LogP contribution is -2.37. The van der Waals surface area contributed by atoms with E-state index in [-0.39, 0.29) is 12.4 Å². The lowest BCUT2D eigenvalue weighted by Gasteiger charge is -2.15. The zero-order valence-electron chi connectivity index (χ0n) is 16.4. The average molecular weight is 375 g/mol. The van der Waals surface area contributed by atoms with Crippen molar-refractivity contribution in [3.8, 4) is 0 Å². The van der Waals surface area contributed by atoms with Crippen molar-refractivity contribution in [2.45, 2.75) is 109 Å². The van der Waals surface area contributed by atoms with Gasteiger partial charge in [-0.15, -0.1) is 0 Å². The van der Waals surface area contributed by atoms with Crippen LogP contribution < -0.4 is 0 Å². The monoisotopic (exact) mass is 374 g/mol. The van der Waals surface area contributed by atoms with E-state index in [1.165, 1.54) is 58.3 Å². The molecule has 0 spiro atoms. The molecule has 6 heteroatoms. The number of hydrogen-bond acceptors (Lipinski definition) is 5. The van der Waals surface area contributed by atoms with Gasteiger partial charge in [0.05, 0.1) is 6.61 Å². The number of esters is 1. The Labute approximate surface area is 157 Å². The highest BCUT2D eigenvalue weighted by Crippen LogP contribution is 2.16. The van der Waals surface area contributed by atoms with E-state index in [9.17, 15) is 9.59 Å². The van der Waals surface area contributed by atoms with E-state index in [1.807, 2.05) is 0 Å². The molecule has 3 N–H and O–H groups in total. The number of carboxylic acids is 1. The van der Waals surface area contributed by atoms with Crippen molar-refractivity contribution < 1.29 is 29.6 Å². The predicted molar refractivity (Wildman–Crippen MR) is 101 cm³/mol. The fraction of sp³-hybridized carbons (Fsp3) is 0.900. The molecular weight excluding hydrogens is 336 g/mol. The van der Waals surface area contributed by atoms with Crippen LogP contribution >= 0.6 is 0 Å². The van der Waals surface area contributed by atoms with Gasteiger partial charge in [0.2, 0.25) is 0 Å². The molecule has 0 amide bonds. The summed E-state index contributed by atoms with van der Waals surface area (Å²) in [5.41, 5.74) is 0. The van der Waals surface area contributed by atoms with Gasteiger partial charge in [-0.2, -0.15) is 0 Å². The van der Waals surface area contributed by atoms with Gasteiger partial charge in [-0.1, -0.05) is 77.0 Å². The van der Waals surface area contributed by atoms with Crippen molar-refractivity contribution in [3.63, 3.8) is 0 Å². The summed E-state index contributed by atoms with van der Waals surface area (Å²) in [5.74, 6) is -4.33. The number of hydrogen-bond donors (Lipinski definition) is 3. The summed E-state index contributed by atoms with van der Waals surface area (Å²) in [6.07, 6.45) is 15.5. The first-order valence-corrected chi connectivity index (χ1v) is 10.2. The van der Waals surface area contributed by atoms with Crippen LogP contribution in [-0.4, -0.2) is 39.7 Å². The van der Waals surface area contributed by atoms with Gasteiger partial charge < -0.3 is 20.1 Å². The summed E-state index contributed by atoms with van der Waals surface area (Å²) >= 11 is 0. The predicted octanol–water partition coefficient (Wildman–Crippen LogP) is 4.17. The van der Waals surface area contributed by atoms with E-state index in [4.69, 9.17) is 20.1 Å². The minimum absolute atomic E-state index is 0.105. The van der Waals surface area contributed by atoms with Gasteiger partial charge >= 0.3 is 11.9 Å². The van der Waals surface area contributed by atoms with E-state index < -0.39 is 11.8 Å². The molecule has 6 nitrogen and oxygen atoms in total. The molecule has 0 saturated carbocycles. The zero-order valence-corrected chi connectivity index (χ0v) is 16.4. The van der Waals surface area contributed by atoms with Crippen LogP contribution in [0.3, 0.4) is 0 Å². The van der Waals surface area contributed by atoms with Crippen LogP contribution in [0.2, 0.25) is 0 Å². The molecule has 0 unspecified atom stereocenters. The van der Waals surface area contributed by atoms with Crippen molar-refractivity contribution in [2.75, 3.05) is 6.61 Å². The summed E-state index contributed by atoms with van der Waals surface area (Å²) in [7, 11) is 0. The Kier molecular flexibility index (Phi) is 15.4. The van der Waals surface area contributed by atoms with Crippen LogP contribution in [-0.2, 0) is 14.3 Å². The third kappa shape index (κ3) is 16.3.